The maximum absolute atomic E-state index is 12.5. The summed E-state index contributed by atoms with van der Waals surface area (Å²) < 4.78 is 0. The number of pyridine rings is 1. The Balaban J connectivity index is 1.53. The van der Waals surface area contributed by atoms with Crippen LogP contribution in [0.5, 0.6) is 0 Å². The summed E-state index contributed by atoms with van der Waals surface area (Å²) in [5.74, 6) is 0.332. The highest BCUT2D eigenvalue weighted by Crippen LogP contribution is 2.26. The van der Waals surface area contributed by atoms with E-state index in [1.807, 2.05) is 6.08 Å². The second kappa shape index (κ2) is 10.8. The Labute approximate surface area is 183 Å². The van der Waals surface area contributed by atoms with E-state index in [2.05, 4.69) is 27.9 Å². The number of anilines is 1. The third-order valence-electron chi connectivity index (χ3n) is 5.64. The number of rotatable bonds is 11. The quantitative estimate of drug-likeness (QED) is 0.525. The van der Waals surface area contributed by atoms with Gasteiger partial charge in [0.05, 0.1) is 12.1 Å². The molecular weight excluding hydrogens is 392 g/mol. The average molecular weight is 423 g/mol. The van der Waals surface area contributed by atoms with Gasteiger partial charge in [-0.2, -0.15) is 0 Å². The molecule has 0 unspecified atom stereocenters. The van der Waals surface area contributed by atoms with E-state index in [4.69, 9.17) is 4.98 Å². The van der Waals surface area contributed by atoms with Gasteiger partial charge in [-0.25, -0.2) is 15.0 Å². The summed E-state index contributed by atoms with van der Waals surface area (Å²) in [6, 6.07) is 2.17. The van der Waals surface area contributed by atoms with Gasteiger partial charge in [0.2, 0.25) is 0 Å². The Hall–Kier alpha value is -3.09. The largest absolute Gasteiger partial charge is 0.481 e. The van der Waals surface area contributed by atoms with Crippen LogP contribution in [0.3, 0.4) is 0 Å². The molecule has 0 aromatic carbocycles. The lowest BCUT2D eigenvalue weighted by molar-refractivity contribution is -0.137. The van der Waals surface area contributed by atoms with Crippen molar-refractivity contribution in [2.45, 2.75) is 64.2 Å². The van der Waals surface area contributed by atoms with Crippen LogP contribution in [-0.4, -0.2) is 38.4 Å². The van der Waals surface area contributed by atoms with Crippen LogP contribution in [0, 0.1) is 6.92 Å². The third-order valence-corrected chi connectivity index (χ3v) is 5.64. The molecule has 7 heteroatoms. The minimum absolute atomic E-state index is 0.0656. The minimum atomic E-state index is -0.928. The number of aliphatic carboxylic acids is 1. The van der Waals surface area contributed by atoms with E-state index >= 15 is 0 Å². The Morgan fingerprint density at radius 3 is 2.74 bits per heavy atom. The number of hydrogen-bond donors (Lipinski definition) is 2. The fourth-order valence-corrected chi connectivity index (χ4v) is 3.94. The van der Waals surface area contributed by atoms with Crippen molar-refractivity contribution < 1.29 is 14.7 Å². The third kappa shape index (κ3) is 6.44. The number of unbranched alkanes of at least 4 members (excludes halogenated alkanes) is 1. The van der Waals surface area contributed by atoms with Crippen molar-refractivity contribution in [3.8, 4) is 0 Å². The predicted molar refractivity (Wildman–Crippen MR) is 120 cm³/mol. The summed E-state index contributed by atoms with van der Waals surface area (Å²) in [5, 5.41) is 12.6. The van der Waals surface area contributed by atoms with Crippen LogP contribution in [0.15, 0.2) is 25.0 Å². The van der Waals surface area contributed by atoms with Crippen molar-refractivity contribution in [2.24, 2.45) is 0 Å². The maximum atomic E-state index is 12.5. The second-order valence-electron chi connectivity index (χ2n) is 8.07. The van der Waals surface area contributed by atoms with Crippen molar-refractivity contribution >= 4 is 23.6 Å². The molecule has 1 aliphatic heterocycles. The van der Waals surface area contributed by atoms with Crippen LogP contribution in [0.4, 0.5) is 5.82 Å². The first-order chi connectivity index (χ1) is 15.0. The number of aryl methyl sites for hydroxylation is 3. The molecule has 0 spiro atoms. The zero-order chi connectivity index (χ0) is 22.2. The zero-order valence-corrected chi connectivity index (χ0v) is 18.1. The van der Waals surface area contributed by atoms with Crippen molar-refractivity contribution in [2.75, 3.05) is 11.9 Å². The Morgan fingerprint density at radius 1 is 1.26 bits per heavy atom. The molecular formula is C24H30N4O3. The van der Waals surface area contributed by atoms with E-state index in [-0.39, 0.29) is 18.6 Å². The minimum Gasteiger partial charge on any atom is -0.481 e. The van der Waals surface area contributed by atoms with Gasteiger partial charge in [0, 0.05) is 37.7 Å². The van der Waals surface area contributed by atoms with Gasteiger partial charge < -0.3 is 10.4 Å². The van der Waals surface area contributed by atoms with Crippen LogP contribution in [0.25, 0.3) is 6.08 Å². The number of aromatic nitrogens is 3. The molecule has 2 aromatic rings. The Bertz CT molecular complexity index is 941. The lowest BCUT2D eigenvalue weighted by Gasteiger charge is -2.19. The van der Waals surface area contributed by atoms with Gasteiger partial charge in [-0.15, -0.1) is 0 Å². The van der Waals surface area contributed by atoms with Crippen molar-refractivity contribution in [1.29, 1.82) is 0 Å². The number of nitrogens with one attached hydrogen (secondary N) is 1. The number of carboxylic acids is 1. The molecule has 0 amide bonds. The van der Waals surface area contributed by atoms with Crippen LogP contribution in [-0.2, 0) is 22.4 Å². The molecule has 0 aliphatic carbocycles. The van der Waals surface area contributed by atoms with E-state index in [9.17, 15) is 14.7 Å². The maximum Gasteiger partial charge on any atom is 0.303 e. The first kappa shape index (κ1) is 22.6. The first-order valence-electron chi connectivity index (χ1n) is 10.9. The van der Waals surface area contributed by atoms with Crippen LogP contribution >= 0.6 is 0 Å². The highest BCUT2D eigenvalue weighted by molar-refractivity contribution is 5.80. The molecule has 2 aromatic heterocycles. The number of carbonyl (C=O) groups is 2. The lowest BCUT2D eigenvalue weighted by atomic mass is 9.91. The molecule has 7 nitrogen and oxygen atoms in total. The lowest BCUT2D eigenvalue weighted by Crippen LogP contribution is -2.15. The standard InChI is InChI=1S/C24H30N4O3/c1-3-17-11-18-7-6-10-25-24(18)28-22(17)9-5-4-8-21(29)12-19(13-23(30)31)20-14-26-16(2)27-15-20/h3,11,14-15,19H,1,4-10,12-13H2,2H3,(H,25,28)(H,30,31)/t19-/m1/s1. The van der Waals surface area contributed by atoms with Crippen LogP contribution in [0.2, 0.25) is 0 Å². The molecule has 3 rings (SSSR count). The number of carboxylic acid groups (broad SMARTS) is 1. The van der Waals surface area contributed by atoms with Gasteiger partial charge in [0.15, 0.2) is 0 Å². The molecule has 164 valence electrons. The smallest absolute Gasteiger partial charge is 0.303 e. The molecule has 1 aliphatic rings. The molecule has 0 bridgehead atoms. The van der Waals surface area contributed by atoms with E-state index in [0.29, 0.717) is 17.8 Å². The van der Waals surface area contributed by atoms with Gasteiger partial charge in [0.25, 0.3) is 0 Å². The Morgan fingerprint density at radius 2 is 2.03 bits per heavy atom. The molecule has 31 heavy (non-hydrogen) atoms. The molecule has 0 radical (unpaired) electrons. The van der Waals surface area contributed by atoms with Gasteiger partial charge in [-0.05, 0) is 61.8 Å². The molecule has 0 saturated carbocycles. The number of hydrogen-bond acceptors (Lipinski definition) is 6. The van der Waals surface area contributed by atoms with Gasteiger partial charge in [0.1, 0.15) is 17.4 Å². The summed E-state index contributed by atoms with van der Waals surface area (Å²) in [5.41, 5.74) is 4.01. The number of ketones is 1. The SMILES string of the molecule is C=Cc1cc2c(nc1CCCCC(=O)C[C@H](CC(=O)O)c1cnc(C)nc1)NCCC2. The molecule has 0 saturated heterocycles. The molecule has 1 atom stereocenters. The number of fused-ring (bicyclic) bond motifs is 1. The van der Waals surface area contributed by atoms with E-state index in [1.54, 1.807) is 19.3 Å². The first-order valence-corrected chi connectivity index (χ1v) is 10.9. The average Bonchev–Trinajstić information content (AvgIpc) is 2.76. The summed E-state index contributed by atoms with van der Waals surface area (Å²) in [6.07, 6.45) is 10.1. The van der Waals surface area contributed by atoms with Crippen LogP contribution in [0.1, 0.15) is 72.7 Å². The predicted octanol–water partition coefficient (Wildman–Crippen LogP) is 4.11. The highest BCUT2D eigenvalue weighted by atomic mass is 16.4. The summed E-state index contributed by atoms with van der Waals surface area (Å²) in [4.78, 5) is 36.8. The van der Waals surface area contributed by atoms with E-state index in [0.717, 1.165) is 55.7 Å². The van der Waals surface area contributed by atoms with E-state index < -0.39 is 11.9 Å². The summed E-state index contributed by atoms with van der Waals surface area (Å²) in [7, 11) is 0. The number of carbonyl (C=O) groups excluding carboxylic acids is 1. The van der Waals surface area contributed by atoms with Crippen molar-refractivity contribution in [3.05, 3.63) is 53.2 Å². The number of nitrogens with zero attached hydrogens (tertiary/aromatic N) is 3. The summed E-state index contributed by atoms with van der Waals surface area (Å²) in [6.45, 7) is 6.63. The van der Waals surface area contributed by atoms with Gasteiger partial charge in [-0.3, -0.25) is 9.59 Å². The zero-order valence-electron chi connectivity index (χ0n) is 18.1. The molecule has 3 heterocycles. The van der Waals surface area contributed by atoms with Gasteiger partial charge in [-0.1, -0.05) is 12.7 Å². The monoisotopic (exact) mass is 422 g/mol. The fraction of sp³-hybridized carbons (Fsp3) is 0.458. The second-order valence-corrected chi connectivity index (χ2v) is 8.07. The Kier molecular flexibility index (Phi) is 7.87. The fourth-order valence-electron chi connectivity index (χ4n) is 3.94. The van der Waals surface area contributed by atoms with Crippen LogP contribution < -0.4 is 5.32 Å². The topological polar surface area (TPSA) is 105 Å². The highest BCUT2D eigenvalue weighted by Gasteiger charge is 2.20. The molecule has 0 fully saturated rings. The van der Waals surface area contributed by atoms with E-state index in [1.165, 1.54) is 5.56 Å². The molecule has 2 N–H and O–H groups in total. The normalized spacial score (nSPS) is 13.7. The van der Waals surface area contributed by atoms with Crippen molar-refractivity contribution in [1.82, 2.24) is 15.0 Å². The summed E-state index contributed by atoms with van der Waals surface area (Å²) >= 11 is 0. The number of Topliss-reactive ketones (excluding diaryl/α,β-unsaturated/α-hetero) is 1. The van der Waals surface area contributed by atoms with Gasteiger partial charge >= 0.3 is 5.97 Å². The van der Waals surface area contributed by atoms with Crippen molar-refractivity contribution in [3.63, 3.8) is 0 Å².